The first-order valence-corrected chi connectivity index (χ1v) is 4.00. The molecule has 0 rings (SSSR count). The minimum atomic E-state index is 0.829. The fourth-order valence-corrected chi connectivity index (χ4v) is 1.17. The van der Waals surface area contributed by atoms with Crippen molar-refractivity contribution in [1.29, 1.82) is 5.41 Å². The highest BCUT2D eigenvalue weighted by molar-refractivity contribution is 8.13. The van der Waals surface area contributed by atoms with Crippen LogP contribution in [0.15, 0.2) is 0 Å². The highest BCUT2D eigenvalue weighted by atomic mass is 32.2. The predicted octanol–water partition coefficient (Wildman–Crippen LogP) is 2.52. The third-order valence-electron chi connectivity index (χ3n) is 0.796. The first-order valence-electron chi connectivity index (χ1n) is 3.01. The summed E-state index contributed by atoms with van der Waals surface area (Å²) in [6.45, 7) is 4.18. The molecular weight excluding hydrogens is 118 g/mol. The lowest BCUT2D eigenvalue weighted by Crippen LogP contribution is -1.87. The van der Waals surface area contributed by atoms with E-state index in [9.17, 15) is 0 Å². The molecule has 1 nitrogen and oxygen atoms in total. The minimum Gasteiger partial charge on any atom is -0.298 e. The van der Waals surface area contributed by atoms with Crippen LogP contribution >= 0.6 is 11.8 Å². The molecule has 0 unspecified atom stereocenters. The maximum atomic E-state index is 7.25. The van der Waals surface area contributed by atoms with E-state index >= 15 is 0 Å². The van der Waals surface area contributed by atoms with Gasteiger partial charge in [0.15, 0.2) is 0 Å². The SMILES string of the molecule is CCCC(=N)SCC. The van der Waals surface area contributed by atoms with Gasteiger partial charge in [0.05, 0.1) is 5.04 Å². The van der Waals surface area contributed by atoms with Crippen molar-refractivity contribution in [3.8, 4) is 0 Å². The first-order chi connectivity index (χ1) is 3.81. The summed E-state index contributed by atoms with van der Waals surface area (Å²) in [4.78, 5) is 0. The maximum absolute atomic E-state index is 7.25. The van der Waals surface area contributed by atoms with E-state index in [0.29, 0.717) is 0 Å². The lowest BCUT2D eigenvalue weighted by atomic mass is 10.4. The summed E-state index contributed by atoms with van der Waals surface area (Å²) >= 11 is 1.64. The zero-order chi connectivity index (χ0) is 6.41. The number of rotatable bonds is 3. The summed E-state index contributed by atoms with van der Waals surface area (Å²) in [5.41, 5.74) is 0. The van der Waals surface area contributed by atoms with Crippen molar-refractivity contribution >= 4 is 16.8 Å². The molecule has 0 aliphatic rings. The van der Waals surface area contributed by atoms with Gasteiger partial charge < -0.3 is 0 Å². The largest absolute Gasteiger partial charge is 0.298 e. The van der Waals surface area contributed by atoms with E-state index in [4.69, 9.17) is 5.41 Å². The smallest absolute Gasteiger partial charge is 0.0641 e. The zero-order valence-electron chi connectivity index (χ0n) is 5.53. The molecule has 2 heteroatoms. The molecule has 8 heavy (non-hydrogen) atoms. The van der Waals surface area contributed by atoms with Gasteiger partial charge >= 0.3 is 0 Å². The van der Waals surface area contributed by atoms with Crippen LogP contribution in [0.3, 0.4) is 0 Å². The molecule has 0 aliphatic heterocycles. The fraction of sp³-hybridized carbons (Fsp3) is 0.833. The lowest BCUT2D eigenvalue weighted by Gasteiger charge is -1.95. The molecule has 0 aromatic heterocycles. The molecular formula is C6H13NS. The topological polar surface area (TPSA) is 23.9 Å². The van der Waals surface area contributed by atoms with E-state index in [1.165, 1.54) is 0 Å². The van der Waals surface area contributed by atoms with Crippen LogP contribution < -0.4 is 0 Å². The van der Waals surface area contributed by atoms with Crippen LogP contribution in [0.5, 0.6) is 0 Å². The summed E-state index contributed by atoms with van der Waals surface area (Å²) in [5, 5.41) is 8.08. The van der Waals surface area contributed by atoms with Gasteiger partial charge in [-0.1, -0.05) is 20.3 Å². The number of thioether (sulfide) groups is 1. The van der Waals surface area contributed by atoms with E-state index in [1.54, 1.807) is 11.8 Å². The Balaban J connectivity index is 3.06. The molecule has 0 saturated carbocycles. The Hall–Kier alpha value is 0.0200. The highest BCUT2D eigenvalue weighted by Crippen LogP contribution is 2.05. The van der Waals surface area contributed by atoms with Gasteiger partial charge in [-0.2, -0.15) is 0 Å². The second-order valence-corrected chi connectivity index (χ2v) is 2.97. The van der Waals surface area contributed by atoms with E-state index < -0.39 is 0 Å². The second kappa shape index (κ2) is 5.16. The summed E-state index contributed by atoms with van der Waals surface area (Å²) < 4.78 is 0. The van der Waals surface area contributed by atoms with Crippen LogP contribution in [-0.4, -0.2) is 10.8 Å². The maximum Gasteiger partial charge on any atom is 0.0641 e. The molecule has 0 aliphatic carbocycles. The van der Waals surface area contributed by atoms with Crippen molar-refractivity contribution in [2.24, 2.45) is 0 Å². The Morgan fingerprint density at radius 1 is 1.50 bits per heavy atom. The van der Waals surface area contributed by atoms with Gasteiger partial charge in [-0.3, -0.25) is 5.41 Å². The number of hydrogen-bond acceptors (Lipinski definition) is 2. The Kier molecular flexibility index (Phi) is 5.18. The van der Waals surface area contributed by atoms with Crippen LogP contribution in [0.2, 0.25) is 0 Å². The Morgan fingerprint density at radius 3 is 2.50 bits per heavy atom. The van der Waals surface area contributed by atoms with Crippen molar-refractivity contribution in [2.75, 3.05) is 5.75 Å². The van der Waals surface area contributed by atoms with Crippen LogP contribution in [0, 0.1) is 5.41 Å². The zero-order valence-corrected chi connectivity index (χ0v) is 6.35. The van der Waals surface area contributed by atoms with Gasteiger partial charge in [0.1, 0.15) is 0 Å². The third kappa shape index (κ3) is 4.19. The first kappa shape index (κ1) is 8.02. The van der Waals surface area contributed by atoms with E-state index in [0.717, 1.165) is 23.6 Å². The Morgan fingerprint density at radius 2 is 2.12 bits per heavy atom. The molecule has 0 spiro atoms. The molecule has 0 atom stereocenters. The molecule has 1 N–H and O–H groups in total. The number of hydrogen-bond donors (Lipinski definition) is 1. The summed E-state index contributed by atoms with van der Waals surface area (Å²) in [7, 11) is 0. The van der Waals surface area contributed by atoms with Crippen LogP contribution in [-0.2, 0) is 0 Å². The Labute approximate surface area is 55.4 Å². The minimum absolute atomic E-state index is 0.829. The van der Waals surface area contributed by atoms with Crippen molar-refractivity contribution in [3.63, 3.8) is 0 Å². The molecule has 0 amide bonds. The van der Waals surface area contributed by atoms with E-state index in [-0.39, 0.29) is 0 Å². The van der Waals surface area contributed by atoms with Crippen molar-refractivity contribution in [3.05, 3.63) is 0 Å². The molecule has 0 fully saturated rings. The number of nitrogens with one attached hydrogen (secondary N) is 1. The monoisotopic (exact) mass is 131 g/mol. The van der Waals surface area contributed by atoms with Gasteiger partial charge in [0.25, 0.3) is 0 Å². The van der Waals surface area contributed by atoms with Crippen molar-refractivity contribution < 1.29 is 0 Å². The highest BCUT2D eigenvalue weighted by Gasteiger charge is 1.90. The van der Waals surface area contributed by atoms with Crippen molar-refractivity contribution in [2.45, 2.75) is 26.7 Å². The van der Waals surface area contributed by atoms with Crippen LogP contribution in [0.4, 0.5) is 0 Å². The quantitative estimate of drug-likeness (QED) is 0.462. The summed E-state index contributed by atoms with van der Waals surface area (Å²) in [5.74, 6) is 1.04. The summed E-state index contributed by atoms with van der Waals surface area (Å²) in [6.07, 6.45) is 2.06. The van der Waals surface area contributed by atoms with Gasteiger partial charge in [-0.05, 0) is 12.2 Å². The normalized spacial score (nSPS) is 9.25. The third-order valence-corrected chi connectivity index (χ3v) is 1.64. The molecule has 0 radical (unpaired) electrons. The van der Waals surface area contributed by atoms with E-state index in [2.05, 4.69) is 13.8 Å². The average molecular weight is 131 g/mol. The summed E-state index contributed by atoms with van der Waals surface area (Å²) in [6, 6.07) is 0. The van der Waals surface area contributed by atoms with Gasteiger partial charge in [0, 0.05) is 0 Å². The van der Waals surface area contributed by atoms with Gasteiger partial charge in [0.2, 0.25) is 0 Å². The van der Waals surface area contributed by atoms with Crippen LogP contribution in [0.25, 0.3) is 0 Å². The van der Waals surface area contributed by atoms with E-state index in [1.807, 2.05) is 0 Å². The standard InChI is InChI=1S/C6H13NS/c1-3-5-6(7)8-4-2/h7H,3-5H2,1-2H3. The fourth-order valence-electron chi connectivity index (χ4n) is 0.473. The second-order valence-electron chi connectivity index (χ2n) is 1.61. The Bertz CT molecular complexity index is 62.9. The molecule has 48 valence electrons. The van der Waals surface area contributed by atoms with Gasteiger partial charge in [-0.25, -0.2) is 0 Å². The molecule has 0 saturated heterocycles. The van der Waals surface area contributed by atoms with Gasteiger partial charge in [-0.15, -0.1) is 11.8 Å². The van der Waals surface area contributed by atoms with Crippen molar-refractivity contribution in [1.82, 2.24) is 0 Å². The predicted molar refractivity (Wildman–Crippen MR) is 40.8 cm³/mol. The molecule has 0 heterocycles. The van der Waals surface area contributed by atoms with Crippen LogP contribution in [0.1, 0.15) is 26.7 Å². The lowest BCUT2D eigenvalue weighted by molar-refractivity contribution is 0.999. The average Bonchev–Trinajstić information content (AvgIpc) is 1.68. The molecule has 0 bridgehead atoms. The molecule has 0 aromatic rings. The molecule has 0 aromatic carbocycles.